The number of rotatable bonds is 14. The predicted molar refractivity (Wildman–Crippen MR) is 124 cm³/mol. The third-order valence-corrected chi connectivity index (χ3v) is 4.41. The summed E-state index contributed by atoms with van der Waals surface area (Å²) < 4.78 is 5.41. The molecule has 0 amide bonds. The average Bonchev–Trinajstić information content (AvgIpc) is 2.79. The highest BCUT2D eigenvalue weighted by molar-refractivity contribution is 5.96. The molecule has 2 aromatic heterocycles. The summed E-state index contributed by atoms with van der Waals surface area (Å²) in [4.78, 5) is 19.6. The molecule has 0 bridgehead atoms. The van der Waals surface area contributed by atoms with Gasteiger partial charge in [0.15, 0.2) is 0 Å². The van der Waals surface area contributed by atoms with E-state index in [9.17, 15) is 0 Å². The quantitative estimate of drug-likeness (QED) is 0.195. The molecule has 0 atom stereocenters. The Kier molecular flexibility index (Phi) is 11.0. The molecule has 2 rings (SSSR count). The van der Waals surface area contributed by atoms with Crippen LogP contribution in [0.15, 0.2) is 59.4 Å². The van der Waals surface area contributed by atoms with Crippen LogP contribution in [0.1, 0.15) is 49.5 Å². The Bertz CT molecular complexity index is 881. The molecule has 2 aromatic rings. The lowest BCUT2D eigenvalue weighted by Gasteiger charge is -2.06. The van der Waals surface area contributed by atoms with Crippen LogP contribution >= 0.6 is 0 Å². The Morgan fingerprint density at radius 3 is 2.06 bits per heavy atom. The minimum Gasteiger partial charge on any atom is -0.399 e. The fourth-order valence-electron chi connectivity index (χ4n) is 2.85. The van der Waals surface area contributed by atoms with Crippen molar-refractivity contribution in [3.63, 3.8) is 0 Å². The molecular formula is C24H32N4O3. The summed E-state index contributed by atoms with van der Waals surface area (Å²) in [6.07, 6.45) is 5.14. The van der Waals surface area contributed by atoms with E-state index in [0.717, 1.165) is 59.9 Å². The number of nitrogens with zero attached hydrogens (tertiary/aromatic N) is 4. The molecule has 0 spiro atoms. The van der Waals surface area contributed by atoms with Crippen molar-refractivity contribution in [2.24, 2.45) is 10.3 Å². The van der Waals surface area contributed by atoms with E-state index in [2.05, 4.69) is 26.9 Å². The lowest BCUT2D eigenvalue weighted by Crippen LogP contribution is -2.05. The molecule has 7 heteroatoms. The summed E-state index contributed by atoms with van der Waals surface area (Å²) in [5, 5.41) is 8.14. The van der Waals surface area contributed by atoms with Gasteiger partial charge in [0.2, 0.25) is 0 Å². The number of pyridine rings is 2. The Labute approximate surface area is 184 Å². The molecule has 0 radical (unpaired) electrons. The average molecular weight is 425 g/mol. The second kappa shape index (κ2) is 14.0. The van der Waals surface area contributed by atoms with Gasteiger partial charge in [0, 0.05) is 18.0 Å². The van der Waals surface area contributed by atoms with Gasteiger partial charge in [-0.2, -0.15) is 0 Å². The van der Waals surface area contributed by atoms with Crippen molar-refractivity contribution >= 4 is 11.4 Å². The first-order valence-electron chi connectivity index (χ1n) is 10.5. The van der Waals surface area contributed by atoms with Gasteiger partial charge in [0.05, 0.1) is 18.0 Å². The van der Waals surface area contributed by atoms with Crippen LogP contribution < -0.4 is 0 Å². The van der Waals surface area contributed by atoms with Gasteiger partial charge >= 0.3 is 0 Å². The van der Waals surface area contributed by atoms with Gasteiger partial charge < -0.3 is 14.4 Å². The molecule has 166 valence electrons. The van der Waals surface area contributed by atoms with Crippen LogP contribution in [0.4, 0.5) is 0 Å². The van der Waals surface area contributed by atoms with Gasteiger partial charge in [-0.1, -0.05) is 28.5 Å². The lowest BCUT2D eigenvalue weighted by atomic mass is 10.2. The number of aryl methyl sites for hydroxylation is 2. The molecule has 0 fully saturated rings. The second-order valence-electron chi connectivity index (χ2n) is 6.97. The van der Waals surface area contributed by atoms with Crippen LogP contribution in [0.25, 0.3) is 0 Å². The third kappa shape index (κ3) is 9.09. The number of aromatic nitrogens is 2. The maximum Gasteiger partial charge on any atom is 0.117 e. The van der Waals surface area contributed by atoms with Gasteiger partial charge in [0.1, 0.15) is 25.1 Å². The molecule has 0 aliphatic carbocycles. The molecule has 7 nitrogen and oxygen atoms in total. The first-order chi connectivity index (χ1) is 15.1. The predicted octanol–water partition coefficient (Wildman–Crippen LogP) is 4.36. The summed E-state index contributed by atoms with van der Waals surface area (Å²) in [6, 6.07) is 11.8. The van der Waals surface area contributed by atoms with Crippen LogP contribution in [-0.4, -0.2) is 48.3 Å². The van der Waals surface area contributed by atoms with Crippen LogP contribution in [0.2, 0.25) is 0 Å². The summed E-state index contributed by atoms with van der Waals surface area (Å²) in [5.41, 5.74) is 5.15. The zero-order valence-electron chi connectivity index (χ0n) is 18.7. The fraction of sp³-hybridized carbons (Fsp3) is 0.417. The Morgan fingerprint density at radius 1 is 0.903 bits per heavy atom. The molecule has 0 aromatic carbocycles. The van der Waals surface area contributed by atoms with Gasteiger partial charge in [0.25, 0.3) is 0 Å². The number of oxime groups is 2. The first-order valence-corrected chi connectivity index (χ1v) is 10.5. The van der Waals surface area contributed by atoms with Crippen molar-refractivity contribution < 1.29 is 14.4 Å². The molecule has 0 unspecified atom stereocenters. The standard InChI is InChI=1S/C24H32N4O3/c1-5-16-30-17-8-12-21-10-7-15-24(26-21)20(3)28-31-18-9-13-22-11-6-14-23(25-22)19(2)27-29-4/h5-7,10-11,14-15H,1,8-9,12-13,16-18H2,2-4H3. The van der Waals surface area contributed by atoms with E-state index in [4.69, 9.17) is 14.4 Å². The third-order valence-electron chi connectivity index (χ3n) is 4.41. The highest BCUT2D eigenvalue weighted by Crippen LogP contribution is 2.07. The highest BCUT2D eigenvalue weighted by atomic mass is 16.6. The van der Waals surface area contributed by atoms with Crippen molar-refractivity contribution in [3.05, 3.63) is 71.8 Å². The van der Waals surface area contributed by atoms with E-state index < -0.39 is 0 Å². The maximum absolute atomic E-state index is 5.50. The second-order valence-corrected chi connectivity index (χ2v) is 6.97. The molecule has 31 heavy (non-hydrogen) atoms. The van der Waals surface area contributed by atoms with E-state index in [1.54, 1.807) is 6.08 Å². The molecule has 0 N–H and O–H groups in total. The van der Waals surface area contributed by atoms with Gasteiger partial charge in [-0.05, 0) is 63.8 Å². The van der Waals surface area contributed by atoms with Gasteiger partial charge in [-0.25, -0.2) is 0 Å². The monoisotopic (exact) mass is 424 g/mol. The molecule has 2 heterocycles. The molecule has 0 aliphatic heterocycles. The maximum atomic E-state index is 5.50. The van der Waals surface area contributed by atoms with Crippen molar-refractivity contribution in [3.8, 4) is 0 Å². The van der Waals surface area contributed by atoms with Crippen molar-refractivity contribution in [1.29, 1.82) is 0 Å². The van der Waals surface area contributed by atoms with Crippen molar-refractivity contribution in [2.45, 2.75) is 39.5 Å². The Balaban J connectivity index is 1.78. The van der Waals surface area contributed by atoms with Gasteiger partial charge in [-0.3, -0.25) is 9.97 Å². The van der Waals surface area contributed by atoms with E-state index in [1.165, 1.54) is 7.11 Å². The number of hydrogen-bond acceptors (Lipinski definition) is 7. The molecule has 0 saturated heterocycles. The smallest absolute Gasteiger partial charge is 0.117 e. The zero-order chi connectivity index (χ0) is 22.3. The van der Waals surface area contributed by atoms with Crippen LogP contribution in [0, 0.1) is 0 Å². The first kappa shape index (κ1) is 24.2. The normalized spacial score (nSPS) is 12.0. The minimum absolute atomic E-state index is 0.509. The Hall–Kier alpha value is -3.06. The highest BCUT2D eigenvalue weighted by Gasteiger charge is 2.04. The van der Waals surface area contributed by atoms with Crippen LogP contribution in [0.3, 0.4) is 0 Å². The lowest BCUT2D eigenvalue weighted by molar-refractivity contribution is 0.141. The Morgan fingerprint density at radius 2 is 1.48 bits per heavy atom. The topological polar surface area (TPSA) is 78.2 Å². The summed E-state index contributed by atoms with van der Waals surface area (Å²) in [7, 11) is 1.53. The molecule has 0 aliphatic rings. The molecule has 0 saturated carbocycles. The van der Waals surface area contributed by atoms with Crippen LogP contribution in [-0.2, 0) is 27.3 Å². The minimum atomic E-state index is 0.509. The van der Waals surface area contributed by atoms with E-state index >= 15 is 0 Å². The number of ether oxygens (including phenoxy) is 1. The largest absolute Gasteiger partial charge is 0.399 e. The van der Waals surface area contributed by atoms with E-state index in [1.807, 2.05) is 50.2 Å². The summed E-state index contributed by atoms with van der Waals surface area (Å²) in [5.74, 6) is 0. The fourth-order valence-corrected chi connectivity index (χ4v) is 2.85. The van der Waals surface area contributed by atoms with E-state index in [-0.39, 0.29) is 0 Å². The van der Waals surface area contributed by atoms with Crippen molar-refractivity contribution in [1.82, 2.24) is 9.97 Å². The SMILES string of the molecule is C=CCOCCCc1cccc(C(C)=NOCCCc2cccc(C(C)=NOC)n2)n1. The van der Waals surface area contributed by atoms with Crippen molar-refractivity contribution in [2.75, 3.05) is 26.9 Å². The van der Waals surface area contributed by atoms with E-state index in [0.29, 0.717) is 19.8 Å². The zero-order valence-corrected chi connectivity index (χ0v) is 18.7. The molecular weight excluding hydrogens is 392 g/mol. The van der Waals surface area contributed by atoms with Crippen LogP contribution in [0.5, 0.6) is 0 Å². The number of hydrogen-bond donors (Lipinski definition) is 0. The summed E-state index contributed by atoms with van der Waals surface area (Å²) >= 11 is 0. The van der Waals surface area contributed by atoms with Gasteiger partial charge in [-0.15, -0.1) is 6.58 Å². The summed E-state index contributed by atoms with van der Waals surface area (Å²) in [6.45, 7) is 9.21.